The van der Waals surface area contributed by atoms with E-state index in [0.29, 0.717) is 27.6 Å². The Morgan fingerprint density at radius 3 is 2.83 bits per heavy atom. The van der Waals surface area contributed by atoms with Crippen molar-refractivity contribution in [3.63, 3.8) is 0 Å². The smallest absolute Gasteiger partial charge is 0.262 e. The topological polar surface area (TPSA) is 55.2 Å². The van der Waals surface area contributed by atoms with Gasteiger partial charge in [-0.15, -0.1) is 6.58 Å². The molecule has 24 heavy (non-hydrogen) atoms. The molecular weight excluding hydrogens is 346 g/mol. The van der Waals surface area contributed by atoms with Gasteiger partial charge in [0.2, 0.25) is 5.91 Å². The second kappa shape index (κ2) is 7.40. The van der Waals surface area contributed by atoms with Gasteiger partial charge in [0.25, 0.3) is 5.56 Å². The molecule has 1 aromatic carbocycles. The number of hydrogen-bond acceptors (Lipinski definition) is 4. The Bertz CT molecular complexity index is 844. The van der Waals surface area contributed by atoms with Crippen molar-refractivity contribution < 1.29 is 4.79 Å². The van der Waals surface area contributed by atoms with Crippen LogP contribution in [0.1, 0.15) is 12.8 Å². The molecule has 1 aliphatic heterocycles. The van der Waals surface area contributed by atoms with Crippen molar-refractivity contribution in [3.8, 4) is 0 Å². The third-order valence-corrected chi connectivity index (χ3v) is 5.17. The van der Waals surface area contributed by atoms with E-state index in [1.807, 2.05) is 4.90 Å². The van der Waals surface area contributed by atoms with Gasteiger partial charge in [-0.2, -0.15) is 0 Å². The first-order chi connectivity index (χ1) is 11.6. The van der Waals surface area contributed by atoms with Crippen molar-refractivity contribution in [1.29, 1.82) is 0 Å². The van der Waals surface area contributed by atoms with E-state index in [4.69, 9.17) is 11.6 Å². The largest absolute Gasteiger partial charge is 0.342 e. The SMILES string of the molecule is C=CCn1c(SCC(=O)N2CCCC2)nc2cc(Cl)ccc2c1=O. The molecule has 1 fully saturated rings. The Morgan fingerprint density at radius 1 is 1.38 bits per heavy atom. The predicted octanol–water partition coefficient (Wildman–Crippen LogP) is 2.95. The van der Waals surface area contributed by atoms with Crippen molar-refractivity contribution in [3.05, 3.63) is 46.2 Å². The molecule has 0 bridgehead atoms. The van der Waals surface area contributed by atoms with Gasteiger partial charge in [-0.3, -0.25) is 14.2 Å². The summed E-state index contributed by atoms with van der Waals surface area (Å²) in [4.78, 5) is 31.3. The summed E-state index contributed by atoms with van der Waals surface area (Å²) in [5.74, 6) is 0.360. The van der Waals surface area contributed by atoms with Gasteiger partial charge >= 0.3 is 0 Å². The van der Waals surface area contributed by atoms with Crippen LogP contribution in [0.25, 0.3) is 10.9 Å². The predicted molar refractivity (Wildman–Crippen MR) is 97.7 cm³/mol. The number of likely N-dealkylation sites (tertiary alicyclic amines) is 1. The molecule has 2 heterocycles. The zero-order chi connectivity index (χ0) is 17.1. The van der Waals surface area contributed by atoms with E-state index in [9.17, 15) is 9.59 Å². The van der Waals surface area contributed by atoms with E-state index >= 15 is 0 Å². The second-order valence-corrected chi connectivity index (χ2v) is 7.02. The highest BCUT2D eigenvalue weighted by Crippen LogP contribution is 2.21. The van der Waals surface area contributed by atoms with Crippen LogP contribution in [0.15, 0.2) is 40.8 Å². The summed E-state index contributed by atoms with van der Waals surface area (Å²) >= 11 is 7.29. The quantitative estimate of drug-likeness (QED) is 0.465. The third kappa shape index (κ3) is 3.49. The normalized spacial score (nSPS) is 14.3. The summed E-state index contributed by atoms with van der Waals surface area (Å²) in [7, 11) is 0. The number of aromatic nitrogens is 2. The lowest BCUT2D eigenvalue weighted by Gasteiger charge is -2.16. The van der Waals surface area contributed by atoms with Gasteiger partial charge in [0.05, 0.1) is 16.7 Å². The molecule has 126 valence electrons. The number of fused-ring (bicyclic) bond motifs is 1. The van der Waals surface area contributed by atoms with Crippen LogP contribution >= 0.6 is 23.4 Å². The molecule has 0 saturated carbocycles. The number of carbonyl (C=O) groups is 1. The van der Waals surface area contributed by atoms with Gasteiger partial charge in [-0.1, -0.05) is 29.4 Å². The summed E-state index contributed by atoms with van der Waals surface area (Å²) in [6.07, 6.45) is 3.77. The number of nitrogens with zero attached hydrogens (tertiary/aromatic N) is 3. The fourth-order valence-corrected chi connectivity index (χ4v) is 3.84. The van der Waals surface area contributed by atoms with Crippen LogP contribution in [0.4, 0.5) is 0 Å². The Balaban J connectivity index is 1.92. The number of thioether (sulfide) groups is 1. The maximum absolute atomic E-state index is 12.7. The van der Waals surface area contributed by atoms with E-state index in [0.717, 1.165) is 25.9 Å². The lowest BCUT2D eigenvalue weighted by Crippen LogP contribution is -2.30. The summed E-state index contributed by atoms with van der Waals surface area (Å²) in [5, 5.41) is 1.55. The minimum atomic E-state index is -0.146. The second-order valence-electron chi connectivity index (χ2n) is 5.64. The maximum Gasteiger partial charge on any atom is 0.262 e. The highest BCUT2D eigenvalue weighted by molar-refractivity contribution is 7.99. The highest BCUT2D eigenvalue weighted by atomic mass is 35.5. The minimum absolute atomic E-state index is 0.0862. The Labute approximate surface area is 149 Å². The van der Waals surface area contributed by atoms with Crippen LogP contribution in [-0.2, 0) is 11.3 Å². The van der Waals surface area contributed by atoms with Gasteiger partial charge < -0.3 is 4.90 Å². The average molecular weight is 364 g/mol. The molecular formula is C17H18ClN3O2S. The molecule has 0 spiro atoms. The lowest BCUT2D eigenvalue weighted by atomic mass is 10.2. The molecule has 0 N–H and O–H groups in total. The number of allylic oxidation sites excluding steroid dienone is 1. The van der Waals surface area contributed by atoms with Crippen molar-refractivity contribution in [2.45, 2.75) is 24.5 Å². The zero-order valence-electron chi connectivity index (χ0n) is 13.2. The number of rotatable bonds is 5. The number of halogens is 1. The van der Waals surface area contributed by atoms with E-state index < -0.39 is 0 Å². The first-order valence-corrected chi connectivity index (χ1v) is 9.18. The molecule has 2 aromatic rings. The Kier molecular flexibility index (Phi) is 5.26. The van der Waals surface area contributed by atoms with E-state index in [-0.39, 0.29) is 17.2 Å². The number of amides is 1. The molecule has 1 aliphatic rings. The molecule has 0 radical (unpaired) electrons. The van der Waals surface area contributed by atoms with Crippen molar-refractivity contribution >= 4 is 40.2 Å². The van der Waals surface area contributed by atoms with Gasteiger partial charge in [0, 0.05) is 24.7 Å². The van der Waals surface area contributed by atoms with Crippen LogP contribution in [-0.4, -0.2) is 39.2 Å². The van der Waals surface area contributed by atoms with Crippen LogP contribution < -0.4 is 5.56 Å². The first-order valence-electron chi connectivity index (χ1n) is 7.81. The van der Waals surface area contributed by atoms with Crippen molar-refractivity contribution in [2.75, 3.05) is 18.8 Å². The molecule has 3 rings (SSSR count). The van der Waals surface area contributed by atoms with Crippen molar-refractivity contribution in [2.24, 2.45) is 0 Å². The number of benzene rings is 1. The summed E-state index contributed by atoms with van der Waals surface area (Å²) in [5.41, 5.74) is 0.400. The van der Waals surface area contributed by atoms with Crippen LogP contribution in [0.3, 0.4) is 0 Å². The molecule has 5 nitrogen and oxygen atoms in total. The molecule has 1 amide bonds. The Hall–Kier alpha value is -1.79. The maximum atomic E-state index is 12.7. The Morgan fingerprint density at radius 2 is 2.12 bits per heavy atom. The highest BCUT2D eigenvalue weighted by Gasteiger charge is 2.19. The number of carbonyl (C=O) groups excluding carboxylic acids is 1. The van der Waals surface area contributed by atoms with Gasteiger partial charge in [0.15, 0.2) is 5.16 Å². The molecule has 0 unspecified atom stereocenters. The van der Waals surface area contributed by atoms with Crippen LogP contribution in [0.5, 0.6) is 0 Å². The summed E-state index contributed by atoms with van der Waals surface area (Å²) in [6.45, 7) is 5.69. The molecule has 0 aliphatic carbocycles. The minimum Gasteiger partial charge on any atom is -0.342 e. The fourth-order valence-electron chi connectivity index (χ4n) is 2.76. The molecule has 7 heteroatoms. The summed E-state index contributed by atoms with van der Waals surface area (Å²) in [6, 6.07) is 5.02. The van der Waals surface area contributed by atoms with E-state index in [1.54, 1.807) is 28.8 Å². The van der Waals surface area contributed by atoms with Gasteiger partial charge in [0.1, 0.15) is 0 Å². The van der Waals surface area contributed by atoms with Crippen molar-refractivity contribution in [1.82, 2.24) is 14.5 Å². The van der Waals surface area contributed by atoms with E-state index in [1.165, 1.54) is 11.8 Å². The monoisotopic (exact) mass is 363 g/mol. The molecule has 1 aromatic heterocycles. The summed E-state index contributed by atoms with van der Waals surface area (Å²) < 4.78 is 1.55. The first kappa shape index (κ1) is 17.0. The van der Waals surface area contributed by atoms with Gasteiger partial charge in [-0.05, 0) is 31.0 Å². The van der Waals surface area contributed by atoms with Crippen LogP contribution in [0, 0.1) is 0 Å². The molecule has 1 saturated heterocycles. The number of hydrogen-bond donors (Lipinski definition) is 0. The average Bonchev–Trinajstić information content (AvgIpc) is 3.10. The standard InChI is InChI=1S/C17H18ClN3O2S/c1-2-7-21-16(23)13-6-5-12(18)10-14(13)19-17(21)24-11-15(22)20-8-3-4-9-20/h2,5-6,10H,1,3-4,7-9,11H2. The van der Waals surface area contributed by atoms with Gasteiger partial charge in [-0.25, -0.2) is 4.98 Å². The third-order valence-electron chi connectivity index (χ3n) is 3.98. The van der Waals surface area contributed by atoms with Crippen LogP contribution in [0.2, 0.25) is 5.02 Å². The molecule has 0 atom stereocenters. The van der Waals surface area contributed by atoms with E-state index in [2.05, 4.69) is 11.6 Å². The fraction of sp³-hybridized carbons (Fsp3) is 0.353. The zero-order valence-corrected chi connectivity index (χ0v) is 14.8. The lowest BCUT2D eigenvalue weighted by molar-refractivity contribution is -0.127.